The average molecular weight is 199 g/mol. The number of benzene rings is 1. The zero-order valence-corrected chi connectivity index (χ0v) is 8.05. The van der Waals surface area contributed by atoms with E-state index in [0.717, 1.165) is 10.9 Å². The largest absolute Gasteiger partial charge is 0.474 e. The molecule has 0 fully saturated rings. The van der Waals surface area contributed by atoms with E-state index in [4.69, 9.17) is 4.74 Å². The SMILES string of the molecule is c1ccc2nnc(C3=NCCO3)cc2c1. The third kappa shape index (κ3) is 1.44. The second-order valence-corrected chi connectivity index (χ2v) is 3.32. The van der Waals surface area contributed by atoms with Crippen molar-refractivity contribution in [2.45, 2.75) is 0 Å². The summed E-state index contributed by atoms with van der Waals surface area (Å²) in [6.45, 7) is 1.35. The van der Waals surface area contributed by atoms with E-state index < -0.39 is 0 Å². The first kappa shape index (κ1) is 8.35. The van der Waals surface area contributed by atoms with E-state index in [2.05, 4.69) is 15.2 Å². The highest BCUT2D eigenvalue weighted by atomic mass is 16.5. The Bertz CT molecular complexity index is 536. The van der Waals surface area contributed by atoms with Gasteiger partial charge >= 0.3 is 0 Å². The van der Waals surface area contributed by atoms with E-state index in [1.807, 2.05) is 30.3 Å². The molecule has 0 saturated carbocycles. The van der Waals surface area contributed by atoms with Crippen molar-refractivity contribution >= 4 is 16.8 Å². The maximum absolute atomic E-state index is 5.34. The van der Waals surface area contributed by atoms with Gasteiger partial charge in [-0.3, -0.25) is 0 Å². The highest BCUT2D eigenvalue weighted by Gasteiger charge is 2.12. The fourth-order valence-corrected chi connectivity index (χ4v) is 1.58. The van der Waals surface area contributed by atoms with Crippen LogP contribution in [0.4, 0.5) is 0 Å². The highest BCUT2D eigenvalue weighted by molar-refractivity contribution is 5.95. The molecule has 0 saturated heterocycles. The number of aromatic nitrogens is 2. The van der Waals surface area contributed by atoms with Gasteiger partial charge in [0.2, 0.25) is 5.90 Å². The van der Waals surface area contributed by atoms with E-state index in [1.165, 1.54) is 0 Å². The summed E-state index contributed by atoms with van der Waals surface area (Å²) in [7, 11) is 0. The Hall–Kier alpha value is -1.97. The Morgan fingerprint density at radius 2 is 2.07 bits per heavy atom. The highest BCUT2D eigenvalue weighted by Crippen LogP contribution is 2.12. The van der Waals surface area contributed by atoms with Crippen molar-refractivity contribution in [2.75, 3.05) is 13.2 Å². The minimum absolute atomic E-state index is 0.605. The van der Waals surface area contributed by atoms with Crippen LogP contribution >= 0.6 is 0 Å². The van der Waals surface area contributed by atoms with Crippen LogP contribution in [-0.4, -0.2) is 29.2 Å². The first-order valence-electron chi connectivity index (χ1n) is 4.83. The van der Waals surface area contributed by atoms with Gasteiger partial charge in [0.05, 0.1) is 12.1 Å². The van der Waals surface area contributed by atoms with Crippen LogP contribution in [0.5, 0.6) is 0 Å². The number of rotatable bonds is 1. The van der Waals surface area contributed by atoms with Gasteiger partial charge in [-0.05, 0) is 12.1 Å². The van der Waals surface area contributed by atoms with Crippen molar-refractivity contribution < 1.29 is 4.74 Å². The Morgan fingerprint density at radius 3 is 2.93 bits per heavy atom. The van der Waals surface area contributed by atoms with Crippen LogP contribution in [0, 0.1) is 0 Å². The smallest absolute Gasteiger partial charge is 0.237 e. The molecule has 1 aromatic carbocycles. The van der Waals surface area contributed by atoms with Gasteiger partial charge in [-0.25, -0.2) is 4.99 Å². The summed E-state index contributed by atoms with van der Waals surface area (Å²) in [4.78, 5) is 4.20. The van der Waals surface area contributed by atoms with Crippen LogP contribution in [-0.2, 0) is 4.74 Å². The molecule has 1 aliphatic rings. The lowest BCUT2D eigenvalue weighted by Crippen LogP contribution is -2.05. The van der Waals surface area contributed by atoms with Gasteiger partial charge < -0.3 is 4.74 Å². The number of ether oxygens (including phenoxy) is 1. The molecule has 74 valence electrons. The van der Waals surface area contributed by atoms with E-state index in [-0.39, 0.29) is 0 Å². The average Bonchev–Trinajstić information content (AvgIpc) is 2.82. The number of aliphatic imine (C=N–C) groups is 1. The maximum atomic E-state index is 5.34. The Morgan fingerprint density at radius 1 is 1.13 bits per heavy atom. The maximum Gasteiger partial charge on any atom is 0.237 e. The van der Waals surface area contributed by atoms with Crippen LogP contribution in [0.25, 0.3) is 10.9 Å². The lowest BCUT2D eigenvalue weighted by Gasteiger charge is -2.01. The summed E-state index contributed by atoms with van der Waals surface area (Å²) >= 11 is 0. The normalized spacial score (nSPS) is 15.1. The number of fused-ring (bicyclic) bond motifs is 1. The minimum atomic E-state index is 0.605. The molecule has 2 heterocycles. The minimum Gasteiger partial charge on any atom is -0.474 e. The second-order valence-electron chi connectivity index (χ2n) is 3.32. The predicted molar refractivity (Wildman–Crippen MR) is 56.9 cm³/mol. The molecule has 0 aliphatic carbocycles. The van der Waals surface area contributed by atoms with Crippen molar-refractivity contribution in [3.63, 3.8) is 0 Å². The molecule has 0 N–H and O–H groups in total. The first-order valence-corrected chi connectivity index (χ1v) is 4.83. The van der Waals surface area contributed by atoms with Crippen LogP contribution in [0.15, 0.2) is 35.3 Å². The zero-order valence-electron chi connectivity index (χ0n) is 8.05. The quantitative estimate of drug-likeness (QED) is 0.697. The summed E-state index contributed by atoms with van der Waals surface area (Å²) < 4.78 is 5.34. The summed E-state index contributed by atoms with van der Waals surface area (Å²) in [5, 5.41) is 9.25. The molecule has 0 atom stereocenters. The predicted octanol–water partition coefficient (Wildman–Crippen LogP) is 1.41. The van der Waals surface area contributed by atoms with Gasteiger partial charge in [0, 0.05) is 5.39 Å². The lowest BCUT2D eigenvalue weighted by molar-refractivity contribution is 0.347. The Balaban J connectivity index is 2.13. The molecular formula is C11H9N3O. The Labute approximate surface area is 86.6 Å². The number of nitrogens with zero attached hydrogens (tertiary/aromatic N) is 3. The number of hydrogen-bond acceptors (Lipinski definition) is 4. The van der Waals surface area contributed by atoms with Crippen molar-refractivity contribution in [3.8, 4) is 0 Å². The Kier molecular flexibility index (Phi) is 1.84. The summed E-state index contributed by atoms with van der Waals surface area (Å²) in [6.07, 6.45) is 0. The molecule has 2 aromatic rings. The van der Waals surface area contributed by atoms with Gasteiger partial charge in [0.15, 0.2) is 0 Å². The lowest BCUT2D eigenvalue weighted by atomic mass is 10.2. The fraction of sp³-hybridized carbons (Fsp3) is 0.182. The topological polar surface area (TPSA) is 47.4 Å². The van der Waals surface area contributed by atoms with E-state index in [0.29, 0.717) is 24.7 Å². The molecule has 0 unspecified atom stereocenters. The molecule has 1 aromatic heterocycles. The molecule has 0 amide bonds. The third-order valence-electron chi connectivity index (χ3n) is 2.30. The summed E-state index contributed by atoms with van der Waals surface area (Å²) in [5.41, 5.74) is 1.60. The first-order chi connectivity index (χ1) is 7.43. The summed E-state index contributed by atoms with van der Waals surface area (Å²) in [5.74, 6) is 0.605. The molecular weight excluding hydrogens is 190 g/mol. The van der Waals surface area contributed by atoms with Crippen LogP contribution in [0.1, 0.15) is 5.69 Å². The van der Waals surface area contributed by atoms with Gasteiger partial charge in [-0.15, -0.1) is 10.2 Å². The standard InChI is InChI=1S/C11H9N3O/c1-2-4-9-8(3-1)7-10(14-13-9)11-12-5-6-15-11/h1-4,7H,5-6H2. The van der Waals surface area contributed by atoms with Crippen molar-refractivity contribution in [2.24, 2.45) is 4.99 Å². The number of hydrogen-bond donors (Lipinski definition) is 0. The molecule has 4 nitrogen and oxygen atoms in total. The molecule has 15 heavy (non-hydrogen) atoms. The molecule has 3 rings (SSSR count). The van der Waals surface area contributed by atoms with Gasteiger partial charge in [0.1, 0.15) is 12.3 Å². The van der Waals surface area contributed by atoms with Gasteiger partial charge in [-0.1, -0.05) is 18.2 Å². The molecule has 0 radical (unpaired) electrons. The monoisotopic (exact) mass is 199 g/mol. The van der Waals surface area contributed by atoms with Crippen molar-refractivity contribution in [1.29, 1.82) is 0 Å². The van der Waals surface area contributed by atoms with Crippen LogP contribution in [0.2, 0.25) is 0 Å². The van der Waals surface area contributed by atoms with Crippen molar-refractivity contribution in [1.82, 2.24) is 10.2 Å². The van der Waals surface area contributed by atoms with E-state index in [9.17, 15) is 0 Å². The zero-order chi connectivity index (χ0) is 10.1. The van der Waals surface area contributed by atoms with Crippen molar-refractivity contribution in [3.05, 3.63) is 36.0 Å². The molecule has 0 spiro atoms. The van der Waals surface area contributed by atoms with Gasteiger partial charge in [0.25, 0.3) is 0 Å². The van der Waals surface area contributed by atoms with E-state index in [1.54, 1.807) is 0 Å². The van der Waals surface area contributed by atoms with E-state index >= 15 is 0 Å². The van der Waals surface area contributed by atoms with Gasteiger partial charge in [-0.2, -0.15) is 0 Å². The summed E-state index contributed by atoms with van der Waals surface area (Å²) in [6, 6.07) is 9.81. The van der Waals surface area contributed by atoms with Crippen LogP contribution < -0.4 is 0 Å². The molecule has 1 aliphatic heterocycles. The molecule has 0 bridgehead atoms. The van der Waals surface area contributed by atoms with Crippen LogP contribution in [0.3, 0.4) is 0 Å². The molecule has 4 heteroatoms. The fourth-order valence-electron chi connectivity index (χ4n) is 1.58. The third-order valence-corrected chi connectivity index (χ3v) is 2.30. The second kappa shape index (κ2) is 3.31.